The summed E-state index contributed by atoms with van der Waals surface area (Å²) in [5.74, 6) is 0. The molecule has 0 amide bonds. The number of aromatic nitrogens is 2. The molecule has 6 heteroatoms. The summed E-state index contributed by atoms with van der Waals surface area (Å²) in [5, 5.41) is 4.12. The van der Waals surface area contributed by atoms with Crippen LogP contribution in [0, 0.1) is 6.92 Å². The van der Waals surface area contributed by atoms with Gasteiger partial charge in [0.25, 0.3) is 5.56 Å². The molecule has 0 aliphatic rings. The zero-order valence-electron chi connectivity index (χ0n) is 12.7. The van der Waals surface area contributed by atoms with E-state index in [0.717, 1.165) is 16.3 Å². The number of alkyl halides is 3. The van der Waals surface area contributed by atoms with Crippen LogP contribution in [0.5, 0.6) is 0 Å². The fraction of sp³-hybridized carbons (Fsp3) is 0.111. The maximum Gasteiger partial charge on any atom is 0.421 e. The first-order chi connectivity index (χ1) is 11.4. The van der Waals surface area contributed by atoms with Crippen molar-refractivity contribution in [2.24, 2.45) is 0 Å². The normalized spacial score (nSPS) is 11.5. The lowest BCUT2D eigenvalue weighted by molar-refractivity contribution is -0.138. The molecule has 0 atom stereocenters. The van der Waals surface area contributed by atoms with Crippen molar-refractivity contribution < 1.29 is 13.2 Å². The molecule has 0 fully saturated rings. The average Bonchev–Trinajstić information content (AvgIpc) is 2.55. The first-order valence-electron chi connectivity index (χ1n) is 7.20. The molecular formula is C18H13F3N2O. The molecule has 122 valence electrons. The van der Waals surface area contributed by atoms with Gasteiger partial charge in [-0.05, 0) is 25.1 Å². The molecule has 24 heavy (non-hydrogen) atoms. The molecule has 0 unspecified atom stereocenters. The predicted octanol–water partition coefficient (Wildman–Crippen LogP) is 4.23. The Morgan fingerprint density at radius 2 is 1.58 bits per heavy atom. The van der Waals surface area contributed by atoms with E-state index in [-0.39, 0.29) is 11.4 Å². The Hall–Kier alpha value is -2.89. The van der Waals surface area contributed by atoms with Crippen LogP contribution in [0.3, 0.4) is 0 Å². The Morgan fingerprint density at radius 3 is 2.17 bits per heavy atom. The Morgan fingerprint density at radius 1 is 0.958 bits per heavy atom. The largest absolute Gasteiger partial charge is 0.421 e. The monoisotopic (exact) mass is 330 g/mol. The van der Waals surface area contributed by atoms with Gasteiger partial charge in [-0.25, -0.2) is 0 Å². The Balaban J connectivity index is 2.28. The molecule has 0 bridgehead atoms. The first kappa shape index (κ1) is 16.0. The topological polar surface area (TPSA) is 34.9 Å². The molecule has 3 nitrogen and oxygen atoms in total. The smallest absolute Gasteiger partial charge is 0.267 e. The van der Waals surface area contributed by atoms with Gasteiger partial charge in [0.1, 0.15) is 5.56 Å². The third kappa shape index (κ3) is 3.08. The van der Waals surface area contributed by atoms with E-state index in [4.69, 9.17) is 0 Å². The van der Waals surface area contributed by atoms with Crippen LogP contribution >= 0.6 is 0 Å². The minimum absolute atomic E-state index is 0.0887. The molecule has 0 saturated heterocycles. The fourth-order valence-electron chi connectivity index (χ4n) is 2.31. The maximum absolute atomic E-state index is 13.3. The lowest BCUT2D eigenvalue weighted by atomic mass is 10.1. The van der Waals surface area contributed by atoms with E-state index < -0.39 is 17.3 Å². The molecule has 1 heterocycles. The van der Waals surface area contributed by atoms with Gasteiger partial charge >= 0.3 is 6.18 Å². The number of aryl methyl sites for hydroxylation is 1. The van der Waals surface area contributed by atoms with Crippen LogP contribution in [0.25, 0.3) is 16.9 Å². The van der Waals surface area contributed by atoms with Crippen molar-refractivity contribution >= 4 is 0 Å². The number of benzene rings is 2. The lowest BCUT2D eigenvalue weighted by Crippen LogP contribution is -2.29. The summed E-state index contributed by atoms with van der Waals surface area (Å²) in [7, 11) is 0. The summed E-state index contributed by atoms with van der Waals surface area (Å²) in [5.41, 5.74) is -0.573. The molecule has 0 radical (unpaired) electrons. The minimum Gasteiger partial charge on any atom is -0.267 e. The van der Waals surface area contributed by atoms with Crippen molar-refractivity contribution in [1.82, 2.24) is 9.78 Å². The van der Waals surface area contributed by atoms with Crippen molar-refractivity contribution in [2.75, 3.05) is 0 Å². The molecule has 0 saturated carbocycles. The quantitative estimate of drug-likeness (QED) is 0.705. The Kier molecular flexibility index (Phi) is 3.97. The maximum atomic E-state index is 13.3. The van der Waals surface area contributed by atoms with Crippen LogP contribution in [-0.2, 0) is 6.18 Å². The van der Waals surface area contributed by atoms with E-state index in [1.54, 1.807) is 42.5 Å². The molecule has 3 rings (SSSR count). The second-order valence-corrected chi connectivity index (χ2v) is 5.36. The van der Waals surface area contributed by atoms with Gasteiger partial charge in [0.2, 0.25) is 0 Å². The summed E-state index contributed by atoms with van der Waals surface area (Å²) < 4.78 is 40.6. The van der Waals surface area contributed by atoms with E-state index in [0.29, 0.717) is 5.56 Å². The highest BCUT2D eigenvalue weighted by Crippen LogP contribution is 2.29. The number of hydrogen-bond acceptors (Lipinski definition) is 2. The van der Waals surface area contributed by atoms with Gasteiger partial charge < -0.3 is 0 Å². The van der Waals surface area contributed by atoms with E-state index in [1.807, 2.05) is 6.92 Å². The average molecular weight is 330 g/mol. The van der Waals surface area contributed by atoms with Gasteiger partial charge in [-0.15, -0.1) is 0 Å². The number of hydrogen-bond donors (Lipinski definition) is 0. The highest BCUT2D eigenvalue weighted by Gasteiger charge is 2.35. The van der Waals surface area contributed by atoms with Crippen LogP contribution in [0.1, 0.15) is 11.1 Å². The van der Waals surface area contributed by atoms with Gasteiger partial charge in [-0.2, -0.15) is 23.0 Å². The van der Waals surface area contributed by atoms with Crippen LogP contribution in [0.2, 0.25) is 0 Å². The van der Waals surface area contributed by atoms with Crippen molar-refractivity contribution in [1.29, 1.82) is 0 Å². The van der Waals surface area contributed by atoms with Crippen molar-refractivity contribution in [3.8, 4) is 16.9 Å². The summed E-state index contributed by atoms with van der Waals surface area (Å²) >= 11 is 0. The highest BCUT2D eigenvalue weighted by molar-refractivity contribution is 5.60. The first-order valence-corrected chi connectivity index (χ1v) is 7.20. The van der Waals surface area contributed by atoms with Gasteiger partial charge in [-0.1, -0.05) is 48.0 Å². The fourth-order valence-corrected chi connectivity index (χ4v) is 2.31. The molecular weight excluding hydrogens is 317 g/mol. The third-order valence-electron chi connectivity index (χ3n) is 3.57. The second-order valence-electron chi connectivity index (χ2n) is 5.36. The number of rotatable bonds is 2. The summed E-state index contributed by atoms with van der Waals surface area (Å²) in [6.45, 7) is 1.88. The number of halogens is 3. The molecule has 0 N–H and O–H groups in total. The van der Waals surface area contributed by atoms with E-state index in [9.17, 15) is 18.0 Å². The summed E-state index contributed by atoms with van der Waals surface area (Å²) in [6.07, 6.45) is -4.75. The van der Waals surface area contributed by atoms with Crippen molar-refractivity contribution in [3.05, 3.63) is 82.1 Å². The van der Waals surface area contributed by atoms with Gasteiger partial charge in [0.05, 0.1) is 11.4 Å². The summed E-state index contributed by atoms with van der Waals surface area (Å²) in [6, 6.07) is 15.8. The van der Waals surface area contributed by atoms with Crippen molar-refractivity contribution in [3.63, 3.8) is 0 Å². The molecule has 0 aliphatic heterocycles. The zero-order valence-corrected chi connectivity index (χ0v) is 12.7. The SMILES string of the molecule is Cc1ccc(-c2cc(C(F)(F)F)c(=O)n(-c3ccccc3)n2)cc1. The van der Waals surface area contributed by atoms with Crippen molar-refractivity contribution in [2.45, 2.75) is 13.1 Å². The highest BCUT2D eigenvalue weighted by atomic mass is 19.4. The minimum atomic E-state index is -4.75. The predicted molar refractivity (Wildman–Crippen MR) is 85.0 cm³/mol. The van der Waals surface area contributed by atoms with E-state index >= 15 is 0 Å². The summed E-state index contributed by atoms with van der Waals surface area (Å²) in [4.78, 5) is 12.2. The zero-order chi connectivity index (χ0) is 17.3. The second kappa shape index (κ2) is 5.96. The molecule has 2 aromatic carbocycles. The number of para-hydroxylation sites is 1. The van der Waals surface area contributed by atoms with Crippen LogP contribution in [0.15, 0.2) is 65.5 Å². The van der Waals surface area contributed by atoms with Crippen LogP contribution in [0.4, 0.5) is 13.2 Å². The van der Waals surface area contributed by atoms with Gasteiger partial charge in [0.15, 0.2) is 0 Å². The Labute approximate surface area is 136 Å². The van der Waals surface area contributed by atoms with Crippen LogP contribution < -0.4 is 5.56 Å². The van der Waals surface area contributed by atoms with Gasteiger partial charge in [0, 0.05) is 5.56 Å². The molecule has 1 aromatic heterocycles. The molecule has 0 aliphatic carbocycles. The standard InChI is InChI=1S/C18H13F3N2O/c1-12-7-9-13(10-8-12)16-11-15(18(19,20)21)17(24)23(22-16)14-5-3-2-4-6-14/h2-11H,1H3. The van der Waals surface area contributed by atoms with Crippen LogP contribution in [-0.4, -0.2) is 9.78 Å². The van der Waals surface area contributed by atoms with Gasteiger partial charge in [-0.3, -0.25) is 4.79 Å². The Bertz CT molecular complexity index is 914. The van der Waals surface area contributed by atoms with E-state index in [1.165, 1.54) is 12.1 Å². The molecule has 3 aromatic rings. The third-order valence-corrected chi connectivity index (χ3v) is 3.57. The van der Waals surface area contributed by atoms with E-state index in [2.05, 4.69) is 5.10 Å². The lowest BCUT2D eigenvalue weighted by Gasteiger charge is -2.12. The molecule has 0 spiro atoms. The number of nitrogens with zero attached hydrogens (tertiary/aromatic N) is 2.